The lowest BCUT2D eigenvalue weighted by Crippen LogP contribution is -2.09. The highest BCUT2D eigenvalue weighted by Crippen LogP contribution is 2.54. The van der Waals surface area contributed by atoms with E-state index in [9.17, 15) is 9.67 Å². The van der Waals surface area contributed by atoms with Crippen molar-refractivity contribution in [1.29, 1.82) is 0 Å². The van der Waals surface area contributed by atoms with Gasteiger partial charge in [0.05, 0.1) is 44.1 Å². The number of phenolic OH excluding ortho intramolecular Hbond substituents is 1. The van der Waals surface area contributed by atoms with E-state index >= 15 is 0 Å². The quantitative estimate of drug-likeness (QED) is 0.513. The van der Waals surface area contributed by atoms with E-state index in [0.29, 0.717) is 17.1 Å². The molecule has 1 aromatic carbocycles. The van der Waals surface area contributed by atoms with E-state index in [0.717, 1.165) is 0 Å². The molecule has 0 atom stereocenters. The van der Waals surface area contributed by atoms with E-state index in [-0.39, 0.29) is 29.5 Å². The van der Waals surface area contributed by atoms with E-state index in [1.165, 1.54) is 38.6 Å². The molecular weight excluding hydrogens is 409 g/mol. The van der Waals surface area contributed by atoms with Gasteiger partial charge in [0.25, 0.3) is 0 Å². The lowest BCUT2D eigenvalue weighted by molar-refractivity contribution is 0.149. The van der Waals surface area contributed by atoms with Gasteiger partial charge in [0.15, 0.2) is 11.5 Å². The van der Waals surface area contributed by atoms with Gasteiger partial charge in [-0.3, -0.25) is 9.55 Å². The van der Waals surface area contributed by atoms with E-state index in [1.807, 2.05) is 0 Å². The molecule has 0 aliphatic carbocycles. The fourth-order valence-electron chi connectivity index (χ4n) is 2.56. The van der Waals surface area contributed by atoms with Gasteiger partial charge in [0, 0.05) is 18.0 Å². The summed E-state index contributed by atoms with van der Waals surface area (Å²) in [6.07, 6.45) is 3.89. The Kier molecular flexibility index (Phi) is 8.23. The van der Waals surface area contributed by atoms with Crippen LogP contribution in [0.15, 0.2) is 36.5 Å². The molecule has 0 radical (unpaired) electrons. The van der Waals surface area contributed by atoms with Crippen LogP contribution in [0.3, 0.4) is 0 Å². The fraction of sp³-hybridized carbons (Fsp3) is 0.400. The van der Waals surface area contributed by atoms with E-state index in [2.05, 4.69) is 15.3 Å². The first kappa shape index (κ1) is 23.7. The third-order valence-electron chi connectivity index (χ3n) is 3.62. The number of hydrogen-bond donors (Lipinski definition) is 2. The van der Waals surface area contributed by atoms with E-state index < -0.39 is 7.60 Å². The van der Waals surface area contributed by atoms with Crippen molar-refractivity contribution in [2.75, 3.05) is 19.5 Å². The number of methoxy groups -OCH3 is 2. The minimum atomic E-state index is -3.67. The number of hydrogen-bond acceptors (Lipinski definition) is 9. The SMILES string of the molecule is COc1cc(/C(=C/P(=O)(OC(C)C)OC(C)C)Nc2cnccn2)cc(OC)c1O. The summed E-state index contributed by atoms with van der Waals surface area (Å²) in [6.45, 7) is 7.08. The molecule has 164 valence electrons. The molecular formula is C20H28N3O6P. The number of benzene rings is 1. The second-order valence-corrected chi connectivity index (χ2v) is 8.60. The van der Waals surface area contributed by atoms with Gasteiger partial charge in [0.1, 0.15) is 5.82 Å². The summed E-state index contributed by atoms with van der Waals surface area (Å²) in [5.41, 5.74) is 0.865. The molecule has 10 heteroatoms. The number of nitrogens with zero attached hydrogens (tertiary/aromatic N) is 2. The van der Waals surface area contributed by atoms with Crippen molar-refractivity contribution in [3.63, 3.8) is 0 Å². The molecule has 2 N–H and O–H groups in total. The van der Waals surface area contributed by atoms with Crippen molar-refractivity contribution in [2.45, 2.75) is 39.9 Å². The van der Waals surface area contributed by atoms with Gasteiger partial charge < -0.3 is 28.9 Å². The zero-order valence-electron chi connectivity index (χ0n) is 17.9. The molecule has 0 spiro atoms. The Labute approximate surface area is 176 Å². The van der Waals surface area contributed by atoms with Crippen molar-refractivity contribution < 1.29 is 28.2 Å². The van der Waals surface area contributed by atoms with Crippen LogP contribution < -0.4 is 14.8 Å². The number of anilines is 1. The molecule has 0 aliphatic rings. The van der Waals surface area contributed by atoms with Crippen molar-refractivity contribution in [3.8, 4) is 17.2 Å². The van der Waals surface area contributed by atoms with Crippen LogP contribution in [0.5, 0.6) is 17.2 Å². The van der Waals surface area contributed by atoms with Crippen molar-refractivity contribution >= 4 is 19.1 Å². The standard InChI is InChI=1S/C20H28N3O6P/c1-13(2)28-30(25,29-14(3)4)12-16(23-19-11-21-7-8-22-19)15-9-17(26-5)20(24)18(10-15)27-6/h7-14,24H,1-6H3,(H,22,23)/b16-12-. The van der Waals surface area contributed by atoms with Crippen molar-refractivity contribution in [2.24, 2.45) is 0 Å². The Morgan fingerprint density at radius 1 is 1.07 bits per heavy atom. The summed E-state index contributed by atoms with van der Waals surface area (Å²) in [5, 5.41) is 13.3. The molecule has 0 saturated carbocycles. The summed E-state index contributed by atoms with van der Waals surface area (Å²) in [5.74, 6) is 2.01. The predicted octanol–water partition coefficient (Wildman–Crippen LogP) is 4.65. The maximum absolute atomic E-state index is 13.5. The number of ether oxygens (including phenoxy) is 2. The monoisotopic (exact) mass is 437 g/mol. The van der Waals surface area contributed by atoms with Gasteiger partial charge in [-0.05, 0) is 39.8 Å². The Hall–Kier alpha value is -2.61. The van der Waals surface area contributed by atoms with Crippen LogP contribution in [0.4, 0.5) is 5.82 Å². The number of aromatic nitrogens is 2. The highest BCUT2D eigenvalue weighted by molar-refractivity contribution is 7.57. The average Bonchev–Trinajstić information content (AvgIpc) is 2.67. The third-order valence-corrected chi connectivity index (χ3v) is 5.62. The smallest absolute Gasteiger partial charge is 0.356 e. The minimum Gasteiger partial charge on any atom is -0.502 e. The van der Waals surface area contributed by atoms with Gasteiger partial charge in [-0.1, -0.05) is 0 Å². The molecule has 0 amide bonds. The third kappa shape index (κ3) is 6.45. The maximum atomic E-state index is 13.5. The number of aromatic hydroxyl groups is 1. The normalized spacial score (nSPS) is 12.3. The second kappa shape index (κ2) is 10.4. The van der Waals surface area contributed by atoms with Crippen LogP contribution in [-0.2, 0) is 13.6 Å². The molecule has 0 aliphatic heterocycles. The highest BCUT2D eigenvalue weighted by atomic mass is 31.2. The number of nitrogens with one attached hydrogen (secondary N) is 1. The summed E-state index contributed by atoms with van der Waals surface area (Å²) >= 11 is 0. The van der Waals surface area contributed by atoms with Gasteiger partial charge in [-0.15, -0.1) is 0 Å². The van der Waals surface area contributed by atoms with Gasteiger partial charge in [0.2, 0.25) is 5.75 Å². The van der Waals surface area contributed by atoms with Crippen LogP contribution in [0.2, 0.25) is 0 Å². The van der Waals surface area contributed by atoms with Crippen LogP contribution in [-0.4, -0.2) is 41.5 Å². The highest BCUT2D eigenvalue weighted by Gasteiger charge is 2.27. The fourth-order valence-corrected chi connectivity index (χ4v) is 4.44. The number of rotatable bonds is 10. The van der Waals surface area contributed by atoms with E-state index in [4.69, 9.17) is 18.5 Å². The lowest BCUT2D eigenvalue weighted by Gasteiger charge is -2.22. The molecule has 0 unspecified atom stereocenters. The largest absolute Gasteiger partial charge is 0.502 e. The Balaban J connectivity index is 2.65. The number of phenols is 1. The second-order valence-electron chi connectivity index (χ2n) is 6.84. The van der Waals surface area contributed by atoms with Gasteiger partial charge in [-0.25, -0.2) is 4.98 Å². The van der Waals surface area contributed by atoms with Gasteiger partial charge in [-0.2, -0.15) is 0 Å². The Morgan fingerprint density at radius 2 is 1.63 bits per heavy atom. The maximum Gasteiger partial charge on any atom is 0.356 e. The first-order valence-electron chi connectivity index (χ1n) is 9.35. The summed E-state index contributed by atoms with van der Waals surface area (Å²) in [6, 6.07) is 3.14. The van der Waals surface area contributed by atoms with Crippen LogP contribution in [0.25, 0.3) is 5.70 Å². The zero-order chi connectivity index (χ0) is 22.3. The average molecular weight is 437 g/mol. The van der Waals surface area contributed by atoms with Crippen LogP contribution in [0.1, 0.15) is 33.3 Å². The van der Waals surface area contributed by atoms with Crippen molar-refractivity contribution in [3.05, 3.63) is 42.1 Å². The minimum absolute atomic E-state index is 0.150. The Morgan fingerprint density at radius 3 is 2.07 bits per heavy atom. The first-order valence-corrected chi connectivity index (χ1v) is 11.0. The predicted molar refractivity (Wildman–Crippen MR) is 115 cm³/mol. The zero-order valence-corrected chi connectivity index (χ0v) is 18.8. The molecule has 2 rings (SSSR count). The Bertz CT molecular complexity index is 879. The molecule has 0 fully saturated rings. The molecule has 9 nitrogen and oxygen atoms in total. The topological polar surface area (TPSA) is 112 Å². The van der Waals surface area contributed by atoms with E-state index in [1.54, 1.807) is 39.8 Å². The molecule has 0 bridgehead atoms. The first-order chi connectivity index (χ1) is 14.2. The molecule has 30 heavy (non-hydrogen) atoms. The molecule has 1 heterocycles. The summed E-state index contributed by atoms with van der Waals surface area (Å²) < 4.78 is 35.2. The van der Waals surface area contributed by atoms with Gasteiger partial charge >= 0.3 is 7.60 Å². The van der Waals surface area contributed by atoms with Crippen molar-refractivity contribution in [1.82, 2.24) is 9.97 Å². The summed E-state index contributed by atoms with van der Waals surface area (Å²) in [4.78, 5) is 8.23. The van der Waals surface area contributed by atoms with Crippen LogP contribution in [0, 0.1) is 0 Å². The lowest BCUT2D eigenvalue weighted by atomic mass is 10.1. The molecule has 0 saturated heterocycles. The molecule has 2 aromatic rings. The van der Waals surface area contributed by atoms with Crippen LogP contribution >= 0.6 is 7.60 Å². The summed E-state index contributed by atoms with van der Waals surface area (Å²) in [7, 11) is -0.820. The molecule has 1 aromatic heterocycles.